The first-order valence-electron chi connectivity index (χ1n) is 49.0. The molecule has 0 saturated heterocycles. The summed E-state index contributed by atoms with van der Waals surface area (Å²) >= 11 is 0. The van der Waals surface area contributed by atoms with Gasteiger partial charge in [-0.05, 0) is 256 Å². The van der Waals surface area contributed by atoms with Gasteiger partial charge < -0.3 is 14.2 Å². The van der Waals surface area contributed by atoms with Crippen LogP contribution in [0.5, 0.6) is 0 Å². The number of furan rings is 1. The number of benzene rings is 22. The Kier molecular flexibility index (Phi) is 16.6. The average Bonchev–Trinajstić information content (AvgIpc) is 1.50. The van der Waals surface area contributed by atoms with Crippen molar-refractivity contribution in [1.29, 1.82) is 0 Å². The second-order valence-electron chi connectivity index (χ2n) is 38.8. The van der Waals surface area contributed by atoms with Crippen LogP contribution >= 0.6 is 0 Å². The lowest BCUT2D eigenvalue weighted by atomic mass is 9.67. The zero-order chi connectivity index (χ0) is 91.7. The van der Waals surface area contributed by atoms with Gasteiger partial charge in [0.2, 0.25) is 0 Å². The first kappa shape index (κ1) is 78.6. The number of nitrogens with zero attached hydrogens (tertiary/aromatic N) is 2. The highest BCUT2D eigenvalue weighted by molar-refractivity contribution is 6.13. The Morgan fingerprint density at radius 3 is 0.836 bits per heavy atom. The molecule has 2 unspecified atom stereocenters. The number of hydrogen-bond donors (Lipinski definition) is 0. The standard InChI is InChI=1S/C137H86N2O/c1-5-36-89(37-6-1)133(90-38-7-2-8-39-90)114-57-25-17-49-103(114)110-85-96(79-82-121(110)133)138(95-77-75-94(76-78-95)134(91-40-9-3-10-41-91)112-55-23-13-44-98(112)99-45-14-24-56-113(99)134)126-66-34-64-124-130(126)107-52-20-31-63-120(107)137(124)118-61-29-19-48-102(118)109-84-88(72-81-123(109)137)87-70-73-93(74-71-87)135(92-42-11-4-12-43-92)115-58-26-18-50-104(115)111-86-97(80-83-122(111)135)139(128-68-33-54-106-105-51-22-32-69-129(105)140-132(106)128)127-67-35-65-125-131(127)108-53-21-30-62-119(108)136(125)116-59-27-15-46-100(116)101-47-16-28-60-117(101)136/h1-86H. The summed E-state index contributed by atoms with van der Waals surface area (Å²) in [5.74, 6) is 0. The minimum Gasteiger partial charge on any atom is -0.454 e. The van der Waals surface area contributed by atoms with E-state index in [1.165, 1.54) is 189 Å². The van der Waals surface area contributed by atoms with E-state index in [2.05, 4.69) is 532 Å². The van der Waals surface area contributed by atoms with E-state index in [4.69, 9.17) is 4.42 Å². The lowest BCUT2D eigenvalue weighted by Gasteiger charge is -2.35. The molecular weight excluding hydrogens is 1690 g/mol. The molecule has 7 aliphatic carbocycles. The number of hydrogen-bond acceptors (Lipinski definition) is 3. The van der Waals surface area contributed by atoms with E-state index in [9.17, 15) is 0 Å². The van der Waals surface area contributed by atoms with Gasteiger partial charge in [0, 0.05) is 39.0 Å². The molecule has 23 aromatic rings. The molecule has 140 heavy (non-hydrogen) atoms. The van der Waals surface area contributed by atoms with Gasteiger partial charge in [-0.2, -0.15) is 0 Å². The Labute approximate surface area is 813 Å². The number of fused-ring (bicyclic) bond motifs is 32. The summed E-state index contributed by atoms with van der Waals surface area (Å²) in [6.07, 6.45) is 0. The molecule has 0 amide bonds. The Morgan fingerprint density at radius 2 is 0.414 bits per heavy atom. The predicted octanol–water partition coefficient (Wildman–Crippen LogP) is 34.0. The molecule has 0 radical (unpaired) electrons. The largest absolute Gasteiger partial charge is 0.454 e. The van der Waals surface area contributed by atoms with Crippen molar-refractivity contribution in [3.05, 3.63) is 633 Å². The first-order chi connectivity index (χ1) is 69.5. The van der Waals surface area contributed by atoms with Crippen LogP contribution in [0.15, 0.2) is 526 Å². The van der Waals surface area contributed by atoms with E-state index in [1.807, 2.05) is 0 Å². The summed E-state index contributed by atoms with van der Waals surface area (Å²) in [5, 5.41) is 2.16. The summed E-state index contributed by atoms with van der Waals surface area (Å²) in [5.41, 5.74) is 49.7. The van der Waals surface area contributed by atoms with Gasteiger partial charge in [-0.3, -0.25) is 0 Å². The fourth-order valence-electron chi connectivity index (χ4n) is 27.5. The molecule has 3 nitrogen and oxygen atoms in total. The Hall–Kier alpha value is -17.8. The maximum absolute atomic E-state index is 7.18. The fourth-order valence-corrected chi connectivity index (χ4v) is 27.5. The van der Waals surface area contributed by atoms with Crippen molar-refractivity contribution in [3.63, 3.8) is 0 Å². The smallest absolute Gasteiger partial charge is 0.159 e. The quantitative estimate of drug-likeness (QED) is 0.115. The highest BCUT2D eigenvalue weighted by Crippen LogP contribution is 2.70. The molecule has 7 aliphatic rings. The van der Waals surface area contributed by atoms with Gasteiger partial charge >= 0.3 is 0 Å². The van der Waals surface area contributed by atoms with Gasteiger partial charge in [0.1, 0.15) is 5.58 Å². The summed E-state index contributed by atoms with van der Waals surface area (Å²) in [6.45, 7) is 0. The molecule has 650 valence electrons. The number of anilines is 6. The molecule has 0 fully saturated rings. The van der Waals surface area contributed by atoms with Crippen LogP contribution in [0.3, 0.4) is 0 Å². The number of rotatable bonds is 13. The van der Waals surface area contributed by atoms with Gasteiger partial charge in [0.15, 0.2) is 5.58 Å². The van der Waals surface area contributed by atoms with Crippen LogP contribution < -0.4 is 9.80 Å². The monoisotopic (exact) mass is 1770 g/mol. The zero-order valence-electron chi connectivity index (χ0n) is 76.5. The Bertz CT molecular complexity index is 9010. The average molecular weight is 1780 g/mol. The van der Waals surface area contributed by atoms with Crippen molar-refractivity contribution in [3.8, 4) is 89.0 Å². The van der Waals surface area contributed by atoms with Crippen LogP contribution in [0, 0.1) is 0 Å². The minimum absolute atomic E-state index is 0.554. The molecule has 2 spiro atoms. The third kappa shape index (κ3) is 10.2. The van der Waals surface area contributed by atoms with Crippen LogP contribution in [-0.4, -0.2) is 0 Å². The summed E-state index contributed by atoms with van der Waals surface area (Å²) < 4.78 is 7.18. The normalized spacial score (nSPS) is 15.9. The first-order valence-corrected chi connectivity index (χ1v) is 49.0. The summed E-state index contributed by atoms with van der Waals surface area (Å²) in [6, 6.07) is 198. The highest BCUT2D eigenvalue weighted by atomic mass is 16.3. The lowest BCUT2D eigenvalue weighted by molar-refractivity contribution is 0.669. The Morgan fingerprint density at radius 1 is 0.150 bits per heavy atom. The highest BCUT2D eigenvalue weighted by Gasteiger charge is 2.57. The minimum atomic E-state index is -0.718. The molecule has 22 aromatic carbocycles. The van der Waals surface area contributed by atoms with E-state index in [0.29, 0.717) is 0 Å². The van der Waals surface area contributed by atoms with Crippen molar-refractivity contribution in [2.45, 2.75) is 27.1 Å². The van der Waals surface area contributed by atoms with Gasteiger partial charge in [-0.25, -0.2) is 0 Å². The van der Waals surface area contributed by atoms with E-state index in [-0.39, 0.29) is 0 Å². The van der Waals surface area contributed by atoms with E-state index < -0.39 is 27.1 Å². The van der Waals surface area contributed by atoms with Crippen molar-refractivity contribution in [1.82, 2.24) is 0 Å². The van der Waals surface area contributed by atoms with E-state index in [0.717, 1.165) is 67.2 Å². The third-order valence-corrected chi connectivity index (χ3v) is 32.8. The van der Waals surface area contributed by atoms with E-state index >= 15 is 0 Å². The second kappa shape index (κ2) is 29.6. The van der Waals surface area contributed by atoms with Crippen LogP contribution in [0.25, 0.3) is 111 Å². The van der Waals surface area contributed by atoms with Crippen LogP contribution in [0.2, 0.25) is 0 Å². The second-order valence-corrected chi connectivity index (χ2v) is 38.8. The molecule has 1 aromatic heterocycles. The summed E-state index contributed by atoms with van der Waals surface area (Å²) in [7, 11) is 0. The molecule has 0 aliphatic heterocycles. The van der Waals surface area contributed by atoms with Crippen molar-refractivity contribution < 1.29 is 4.42 Å². The SMILES string of the molecule is c1ccc(C2(c3ccc(N(c4ccc5c(c4)-c4ccccc4C5(c4ccccc4)c4ccccc4)c4cccc5c4-c4ccccc4C54c5ccccc5-c5cc(-c6ccc(C7(c8ccccc8)c8ccccc8-c8cc(N(c9cccc%10c9-c9ccccc9C%109c%10ccccc%10-c%10ccccc%109)c9cccc%10c9oc9ccccc9%10)ccc87)cc6)ccc54)cc3)c3ccccc3-c3ccccc32)cc1. The maximum atomic E-state index is 7.18. The van der Waals surface area contributed by atoms with Gasteiger partial charge in [-0.15, -0.1) is 0 Å². The molecule has 30 rings (SSSR count). The molecule has 0 N–H and O–H groups in total. The molecule has 3 heteroatoms. The van der Waals surface area contributed by atoms with Crippen molar-refractivity contribution in [2.24, 2.45) is 0 Å². The summed E-state index contributed by atoms with van der Waals surface area (Å²) in [4.78, 5) is 5.11. The van der Waals surface area contributed by atoms with Crippen LogP contribution in [-0.2, 0) is 27.1 Å². The topological polar surface area (TPSA) is 19.6 Å². The van der Waals surface area contributed by atoms with Gasteiger partial charge in [0.05, 0.1) is 44.1 Å². The van der Waals surface area contributed by atoms with E-state index in [1.54, 1.807) is 0 Å². The van der Waals surface area contributed by atoms with Crippen LogP contribution in [0.4, 0.5) is 34.1 Å². The lowest BCUT2D eigenvalue weighted by Crippen LogP contribution is -2.28. The van der Waals surface area contributed by atoms with Gasteiger partial charge in [-0.1, -0.05) is 455 Å². The molecule has 0 saturated carbocycles. The zero-order valence-corrected chi connectivity index (χ0v) is 76.5. The van der Waals surface area contributed by atoms with Crippen molar-refractivity contribution in [2.75, 3.05) is 9.80 Å². The Balaban J connectivity index is 0.572. The molecule has 0 bridgehead atoms. The fraction of sp³-hybridized carbons (Fsp3) is 0.0365. The van der Waals surface area contributed by atoms with Crippen molar-refractivity contribution >= 4 is 56.1 Å². The number of para-hydroxylation sites is 2. The maximum Gasteiger partial charge on any atom is 0.159 e. The van der Waals surface area contributed by atoms with Crippen LogP contribution in [0.1, 0.15) is 111 Å². The van der Waals surface area contributed by atoms with Gasteiger partial charge in [0.25, 0.3) is 0 Å². The third-order valence-electron chi connectivity index (χ3n) is 32.8. The predicted molar refractivity (Wildman–Crippen MR) is 573 cm³/mol. The molecule has 2 atom stereocenters. The molecular formula is C137H86N2O. The molecule has 1 heterocycles.